The van der Waals surface area contributed by atoms with Gasteiger partial charge < -0.3 is 14.7 Å². The Balaban J connectivity index is 1.87. The molecule has 1 heterocycles. The van der Waals surface area contributed by atoms with E-state index in [1.165, 1.54) is 0 Å². The molecule has 1 amide bonds. The van der Waals surface area contributed by atoms with Gasteiger partial charge in [0.25, 0.3) is 0 Å². The van der Waals surface area contributed by atoms with Crippen LogP contribution in [0.4, 0.5) is 4.79 Å². The van der Waals surface area contributed by atoms with Crippen molar-refractivity contribution in [2.24, 2.45) is 17.8 Å². The largest absolute Gasteiger partial charge is 0.444 e. The molecule has 2 rings (SSSR count). The molecule has 1 saturated heterocycles. The molecule has 21 heavy (non-hydrogen) atoms. The Bertz CT molecular complexity index is 422. The van der Waals surface area contributed by atoms with E-state index >= 15 is 0 Å². The van der Waals surface area contributed by atoms with E-state index in [0.717, 1.165) is 0 Å². The number of likely N-dealkylation sites (tertiary alicyclic amines) is 1. The first kappa shape index (κ1) is 16.0. The molecule has 0 aromatic heterocycles. The Morgan fingerprint density at radius 1 is 1.43 bits per heavy atom. The van der Waals surface area contributed by atoms with Crippen molar-refractivity contribution in [1.29, 1.82) is 0 Å². The lowest BCUT2D eigenvalue weighted by Crippen LogP contribution is -2.40. The molecule has 1 N–H and O–H groups in total. The van der Waals surface area contributed by atoms with Gasteiger partial charge >= 0.3 is 6.09 Å². The van der Waals surface area contributed by atoms with Gasteiger partial charge in [-0.05, 0) is 32.6 Å². The molecule has 1 aliphatic carbocycles. The van der Waals surface area contributed by atoms with Crippen LogP contribution in [0.2, 0.25) is 0 Å². The fourth-order valence-corrected chi connectivity index (χ4v) is 3.33. The number of rotatable bonds is 4. The number of nitrogens with zero attached hydrogens (tertiary/aromatic N) is 2. The zero-order valence-electron chi connectivity index (χ0n) is 13.0. The summed E-state index contributed by atoms with van der Waals surface area (Å²) in [5, 5.41) is 21.1. The maximum absolute atomic E-state index is 11.9. The Kier molecular flexibility index (Phi) is 4.15. The fourth-order valence-electron chi connectivity index (χ4n) is 3.33. The second kappa shape index (κ2) is 5.44. The Morgan fingerprint density at radius 3 is 2.33 bits per heavy atom. The summed E-state index contributed by atoms with van der Waals surface area (Å²) >= 11 is 0. The van der Waals surface area contributed by atoms with Crippen molar-refractivity contribution in [3.63, 3.8) is 0 Å². The van der Waals surface area contributed by atoms with Crippen LogP contribution in [0.1, 0.15) is 34.1 Å². The summed E-state index contributed by atoms with van der Waals surface area (Å²) in [4.78, 5) is 24.1. The van der Waals surface area contributed by atoms with Crippen LogP contribution in [0.5, 0.6) is 0 Å². The summed E-state index contributed by atoms with van der Waals surface area (Å²) in [5.41, 5.74) is -0.526. The van der Waals surface area contributed by atoms with Crippen molar-refractivity contribution < 1.29 is 19.6 Å². The third-order valence-electron chi connectivity index (χ3n) is 4.39. The maximum Gasteiger partial charge on any atom is 0.410 e. The van der Waals surface area contributed by atoms with Gasteiger partial charge in [-0.2, -0.15) is 0 Å². The quantitative estimate of drug-likeness (QED) is 0.627. The lowest BCUT2D eigenvalue weighted by atomic mass is 10.0. The SMILES string of the molecule is CCC([C@H](O)C1[C@H]2CN(C(=O)OC(C)(C)C)C[C@@H]12)[N+](=O)[O-]. The number of aliphatic hydroxyl groups is 1. The average Bonchev–Trinajstić information content (AvgIpc) is 2.82. The second-order valence-electron chi connectivity index (χ2n) is 7.04. The van der Waals surface area contributed by atoms with Crippen LogP contribution in [0, 0.1) is 27.9 Å². The Hall–Kier alpha value is -1.37. The van der Waals surface area contributed by atoms with Gasteiger partial charge in [-0.3, -0.25) is 10.1 Å². The molecular formula is C14H24N2O5. The number of amides is 1. The van der Waals surface area contributed by atoms with E-state index in [1.54, 1.807) is 11.8 Å². The zero-order chi connectivity index (χ0) is 15.9. The average molecular weight is 300 g/mol. The van der Waals surface area contributed by atoms with Gasteiger partial charge in [-0.25, -0.2) is 4.79 Å². The Labute approximate surface area is 124 Å². The molecule has 2 fully saturated rings. The van der Waals surface area contributed by atoms with E-state index in [2.05, 4.69) is 0 Å². The second-order valence-corrected chi connectivity index (χ2v) is 7.04. The smallest absolute Gasteiger partial charge is 0.410 e. The van der Waals surface area contributed by atoms with E-state index in [0.29, 0.717) is 19.5 Å². The normalized spacial score (nSPS) is 30.5. The molecule has 0 aromatic carbocycles. The number of ether oxygens (including phenoxy) is 1. The molecule has 1 saturated carbocycles. The van der Waals surface area contributed by atoms with Crippen molar-refractivity contribution in [2.75, 3.05) is 13.1 Å². The first-order chi connectivity index (χ1) is 9.65. The topological polar surface area (TPSA) is 92.9 Å². The van der Waals surface area contributed by atoms with Crippen molar-refractivity contribution in [2.45, 2.75) is 51.9 Å². The standard InChI is InChI=1S/C14H24N2O5/c1-5-10(16(19)20)12(17)11-8-6-15(7-9(8)11)13(18)21-14(2,3)4/h8-12,17H,5-7H2,1-4H3/t8-,9+,10?,11?,12-/m0/s1. The predicted octanol–water partition coefficient (Wildman–Crippen LogP) is 1.52. The van der Waals surface area contributed by atoms with Crippen molar-refractivity contribution >= 4 is 6.09 Å². The van der Waals surface area contributed by atoms with Crippen molar-refractivity contribution in [3.05, 3.63) is 10.1 Å². The predicted molar refractivity (Wildman–Crippen MR) is 75.4 cm³/mol. The third-order valence-corrected chi connectivity index (χ3v) is 4.39. The summed E-state index contributed by atoms with van der Waals surface area (Å²) in [6.07, 6.45) is -0.940. The molecule has 2 aliphatic rings. The van der Waals surface area contributed by atoms with E-state index in [-0.39, 0.29) is 23.8 Å². The molecule has 120 valence electrons. The highest BCUT2D eigenvalue weighted by Crippen LogP contribution is 2.54. The molecular weight excluding hydrogens is 276 g/mol. The van der Waals surface area contributed by atoms with Crippen LogP contribution in [-0.4, -0.2) is 51.9 Å². The summed E-state index contributed by atoms with van der Waals surface area (Å²) in [7, 11) is 0. The molecule has 1 aliphatic heterocycles. The summed E-state index contributed by atoms with van der Waals surface area (Å²) in [5.74, 6) is 0.280. The van der Waals surface area contributed by atoms with Gasteiger partial charge in [-0.1, -0.05) is 6.92 Å². The number of hydrogen-bond acceptors (Lipinski definition) is 5. The van der Waals surface area contributed by atoms with Crippen LogP contribution in [0.3, 0.4) is 0 Å². The number of piperidine rings is 1. The van der Waals surface area contributed by atoms with Crippen LogP contribution >= 0.6 is 0 Å². The summed E-state index contributed by atoms with van der Waals surface area (Å²) in [6.45, 7) is 8.21. The van der Waals surface area contributed by atoms with Gasteiger partial charge in [0.15, 0.2) is 0 Å². The minimum Gasteiger partial charge on any atom is -0.444 e. The highest BCUT2D eigenvalue weighted by molar-refractivity contribution is 5.69. The highest BCUT2D eigenvalue weighted by Gasteiger charge is 2.62. The van der Waals surface area contributed by atoms with E-state index in [9.17, 15) is 20.0 Å². The molecule has 2 unspecified atom stereocenters. The van der Waals surface area contributed by atoms with E-state index in [4.69, 9.17) is 4.74 Å². The lowest BCUT2D eigenvalue weighted by Gasteiger charge is -2.26. The maximum atomic E-state index is 11.9. The highest BCUT2D eigenvalue weighted by atomic mass is 16.6. The number of aliphatic hydroxyl groups excluding tert-OH is 1. The first-order valence-electron chi connectivity index (χ1n) is 7.45. The molecule has 5 atom stereocenters. The van der Waals surface area contributed by atoms with Crippen LogP contribution in [-0.2, 0) is 4.74 Å². The number of carbonyl (C=O) groups is 1. The number of fused-ring (bicyclic) bond motifs is 1. The molecule has 0 aromatic rings. The molecule has 0 radical (unpaired) electrons. The number of hydrogen-bond donors (Lipinski definition) is 1. The minimum atomic E-state index is -0.916. The number of carbonyl (C=O) groups excluding carboxylic acids is 1. The van der Waals surface area contributed by atoms with Gasteiger partial charge in [0.05, 0.1) is 0 Å². The monoisotopic (exact) mass is 300 g/mol. The van der Waals surface area contributed by atoms with Gasteiger partial charge in [-0.15, -0.1) is 0 Å². The van der Waals surface area contributed by atoms with Gasteiger partial charge in [0.2, 0.25) is 6.04 Å². The third kappa shape index (κ3) is 3.28. The molecule has 0 spiro atoms. The van der Waals surface area contributed by atoms with E-state index < -0.39 is 22.7 Å². The van der Waals surface area contributed by atoms with Crippen LogP contribution in [0.25, 0.3) is 0 Å². The fraction of sp³-hybridized carbons (Fsp3) is 0.929. The number of nitro groups is 1. The van der Waals surface area contributed by atoms with Gasteiger partial charge in [0.1, 0.15) is 11.7 Å². The summed E-state index contributed by atoms with van der Waals surface area (Å²) < 4.78 is 5.31. The van der Waals surface area contributed by atoms with Crippen molar-refractivity contribution in [3.8, 4) is 0 Å². The Morgan fingerprint density at radius 2 is 1.95 bits per heavy atom. The van der Waals surface area contributed by atoms with Crippen molar-refractivity contribution in [1.82, 2.24) is 4.90 Å². The summed E-state index contributed by atoms with van der Waals surface area (Å²) in [6, 6.07) is -0.907. The lowest BCUT2D eigenvalue weighted by molar-refractivity contribution is -0.536. The zero-order valence-corrected chi connectivity index (χ0v) is 13.0. The van der Waals surface area contributed by atoms with Crippen LogP contribution < -0.4 is 0 Å². The first-order valence-corrected chi connectivity index (χ1v) is 7.45. The van der Waals surface area contributed by atoms with Crippen LogP contribution in [0.15, 0.2) is 0 Å². The molecule has 7 nitrogen and oxygen atoms in total. The molecule has 0 bridgehead atoms. The van der Waals surface area contributed by atoms with Gasteiger partial charge in [0, 0.05) is 30.4 Å². The molecule has 7 heteroatoms. The van der Waals surface area contributed by atoms with E-state index in [1.807, 2.05) is 20.8 Å². The minimum absolute atomic E-state index is 0.0564.